The van der Waals surface area contributed by atoms with E-state index in [4.69, 9.17) is 4.74 Å². The molecule has 0 radical (unpaired) electrons. The molecule has 2 amide bonds. The summed E-state index contributed by atoms with van der Waals surface area (Å²) in [7, 11) is 0. The number of rotatable bonds is 8. The average molecular weight is 567 g/mol. The molecule has 2 aromatic heterocycles. The van der Waals surface area contributed by atoms with Crippen molar-refractivity contribution in [1.82, 2.24) is 15.6 Å². The molecule has 1 aliphatic heterocycles. The van der Waals surface area contributed by atoms with Crippen molar-refractivity contribution in [1.29, 1.82) is 0 Å². The lowest BCUT2D eigenvalue weighted by molar-refractivity contribution is -0.137. The number of carbonyl (C=O) groups is 2. The zero-order valence-corrected chi connectivity index (χ0v) is 21.9. The van der Waals surface area contributed by atoms with Gasteiger partial charge < -0.3 is 15.2 Å². The molecular formula is C25H25F3N4O4S2. The van der Waals surface area contributed by atoms with Gasteiger partial charge in [0.05, 0.1) is 44.7 Å². The summed E-state index contributed by atoms with van der Waals surface area (Å²) in [5.74, 6) is -0.919. The Labute approximate surface area is 224 Å². The lowest BCUT2D eigenvalue weighted by Crippen LogP contribution is -2.41. The molecule has 4 rings (SSSR count). The van der Waals surface area contributed by atoms with Gasteiger partial charge in [0.1, 0.15) is 5.75 Å². The Morgan fingerprint density at radius 2 is 1.74 bits per heavy atom. The lowest BCUT2D eigenvalue weighted by atomic mass is 10.1. The number of halogens is 3. The minimum Gasteiger partial charge on any atom is -0.506 e. The number of thiophene rings is 2. The number of hydrogen-bond acceptors (Lipinski definition) is 8. The van der Waals surface area contributed by atoms with Crippen molar-refractivity contribution in [3.8, 4) is 16.2 Å². The minimum atomic E-state index is -4.45. The van der Waals surface area contributed by atoms with E-state index in [0.29, 0.717) is 51.2 Å². The first kappa shape index (κ1) is 27.8. The van der Waals surface area contributed by atoms with Crippen molar-refractivity contribution >= 4 is 40.2 Å². The first-order chi connectivity index (χ1) is 18.1. The van der Waals surface area contributed by atoms with Crippen LogP contribution in [0.4, 0.5) is 13.2 Å². The van der Waals surface area contributed by atoms with Crippen LogP contribution in [0.3, 0.4) is 0 Å². The van der Waals surface area contributed by atoms with Crippen LogP contribution in [-0.2, 0) is 10.9 Å². The van der Waals surface area contributed by atoms with E-state index >= 15 is 0 Å². The number of ether oxygens (including phenoxy) is 1. The van der Waals surface area contributed by atoms with Crippen LogP contribution in [0.5, 0.6) is 5.75 Å². The van der Waals surface area contributed by atoms with Crippen LogP contribution in [0, 0.1) is 0 Å². The van der Waals surface area contributed by atoms with Crippen LogP contribution in [-0.4, -0.2) is 66.9 Å². The van der Waals surface area contributed by atoms with Crippen LogP contribution in [0.2, 0.25) is 0 Å². The average Bonchev–Trinajstić information content (AvgIpc) is 3.55. The largest absolute Gasteiger partial charge is 0.506 e. The zero-order valence-electron chi connectivity index (χ0n) is 20.3. The number of hydrazone groups is 1. The molecule has 13 heteroatoms. The predicted octanol–water partition coefficient (Wildman–Crippen LogP) is 4.42. The smallest absolute Gasteiger partial charge is 0.416 e. The Bertz CT molecular complexity index is 1310. The predicted molar refractivity (Wildman–Crippen MR) is 140 cm³/mol. The number of aromatic hydroxyl groups is 1. The van der Waals surface area contributed by atoms with Crippen LogP contribution in [0.15, 0.2) is 46.9 Å². The Kier molecular flexibility index (Phi) is 8.82. The fourth-order valence-corrected chi connectivity index (χ4v) is 5.52. The van der Waals surface area contributed by atoms with Gasteiger partial charge in [0.15, 0.2) is 0 Å². The molecule has 0 atom stereocenters. The SMILES string of the molecule is CC(=NNC(=O)c1ccc(C(=O)NCCN2CCOCC2)s1)c1csc(-c2ccc(C(F)(F)F)cc2)c1O. The fourth-order valence-electron chi connectivity index (χ4n) is 3.70. The van der Waals surface area contributed by atoms with Crippen LogP contribution in [0.1, 0.15) is 37.4 Å². The highest BCUT2D eigenvalue weighted by Crippen LogP contribution is 2.40. The third-order valence-corrected chi connectivity index (χ3v) is 7.93. The number of carbonyl (C=O) groups excluding carboxylic acids is 2. The summed E-state index contributed by atoms with van der Waals surface area (Å²) >= 11 is 2.18. The summed E-state index contributed by atoms with van der Waals surface area (Å²) in [5, 5.41) is 19.1. The topological polar surface area (TPSA) is 103 Å². The van der Waals surface area contributed by atoms with Gasteiger partial charge in [-0.2, -0.15) is 18.3 Å². The van der Waals surface area contributed by atoms with E-state index in [1.807, 2.05) is 0 Å². The van der Waals surface area contributed by atoms with Gasteiger partial charge in [-0.1, -0.05) is 12.1 Å². The quantitative estimate of drug-likeness (QED) is 0.277. The molecule has 0 spiro atoms. The number of nitrogens with one attached hydrogen (secondary N) is 2. The first-order valence-electron chi connectivity index (χ1n) is 11.6. The normalized spacial score (nSPS) is 14.9. The molecule has 3 N–H and O–H groups in total. The highest BCUT2D eigenvalue weighted by molar-refractivity contribution is 7.16. The van der Waals surface area contributed by atoms with Gasteiger partial charge >= 0.3 is 6.18 Å². The summed E-state index contributed by atoms with van der Waals surface area (Å²) < 4.78 is 43.8. The van der Waals surface area contributed by atoms with Gasteiger partial charge in [-0.15, -0.1) is 22.7 Å². The van der Waals surface area contributed by atoms with Gasteiger partial charge in [-0.05, 0) is 36.8 Å². The second-order valence-electron chi connectivity index (χ2n) is 8.41. The van der Waals surface area contributed by atoms with Crippen molar-refractivity contribution in [3.63, 3.8) is 0 Å². The second-order valence-corrected chi connectivity index (χ2v) is 10.4. The Morgan fingerprint density at radius 3 is 2.39 bits per heavy atom. The van der Waals surface area contributed by atoms with E-state index in [2.05, 4.69) is 20.7 Å². The zero-order chi connectivity index (χ0) is 27.3. The van der Waals surface area contributed by atoms with Crippen LogP contribution < -0.4 is 10.7 Å². The molecule has 1 saturated heterocycles. The van der Waals surface area contributed by atoms with Gasteiger partial charge in [0.2, 0.25) is 0 Å². The summed E-state index contributed by atoms with van der Waals surface area (Å²) in [5.41, 5.74) is 2.72. The highest BCUT2D eigenvalue weighted by atomic mass is 32.1. The van der Waals surface area contributed by atoms with Gasteiger partial charge in [0, 0.05) is 31.6 Å². The van der Waals surface area contributed by atoms with E-state index in [0.717, 1.165) is 54.4 Å². The van der Waals surface area contributed by atoms with E-state index in [1.54, 1.807) is 18.4 Å². The Morgan fingerprint density at radius 1 is 1.08 bits per heavy atom. The number of morpholine rings is 1. The number of benzene rings is 1. The van der Waals surface area contributed by atoms with Crippen molar-refractivity contribution in [2.75, 3.05) is 39.4 Å². The van der Waals surface area contributed by atoms with Gasteiger partial charge in [-0.25, -0.2) is 5.43 Å². The molecule has 0 bridgehead atoms. The molecule has 1 fully saturated rings. The summed E-state index contributed by atoms with van der Waals surface area (Å²) in [6.45, 7) is 5.83. The number of amides is 2. The maximum atomic E-state index is 12.8. The van der Waals surface area contributed by atoms with Crippen molar-refractivity contribution < 1.29 is 32.6 Å². The number of nitrogens with zero attached hydrogens (tertiary/aromatic N) is 2. The van der Waals surface area contributed by atoms with Gasteiger partial charge in [0.25, 0.3) is 11.8 Å². The van der Waals surface area contributed by atoms with E-state index < -0.39 is 17.6 Å². The summed E-state index contributed by atoms with van der Waals surface area (Å²) in [6.07, 6.45) is -4.45. The molecule has 1 aromatic carbocycles. The standard InChI is InChI=1S/C25H25F3N4O4S2/c1-15(18-14-37-22(21(18)33)16-2-4-17(5-3-16)25(26,27)28)30-31-24(35)20-7-6-19(38-20)23(34)29-8-9-32-10-12-36-13-11-32/h2-7,14,33H,8-13H2,1H3,(H,29,34)(H,31,35). The molecule has 8 nitrogen and oxygen atoms in total. The fraction of sp³-hybridized carbons (Fsp3) is 0.320. The summed E-state index contributed by atoms with van der Waals surface area (Å²) in [4.78, 5) is 28.2. The molecule has 38 heavy (non-hydrogen) atoms. The van der Waals surface area contributed by atoms with Crippen molar-refractivity contribution in [3.05, 3.63) is 62.7 Å². The highest BCUT2D eigenvalue weighted by Gasteiger charge is 2.30. The van der Waals surface area contributed by atoms with E-state index in [-0.39, 0.29) is 11.7 Å². The van der Waals surface area contributed by atoms with E-state index in [9.17, 15) is 27.9 Å². The Hall–Kier alpha value is -3.26. The molecule has 202 valence electrons. The molecule has 1 aliphatic rings. The lowest BCUT2D eigenvalue weighted by Gasteiger charge is -2.26. The molecular weight excluding hydrogens is 541 g/mol. The van der Waals surface area contributed by atoms with E-state index in [1.165, 1.54) is 18.2 Å². The maximum absolute atomic E-state index is 12.8. The van der Waals surface area contributed by atoms with Crippen molar-refractivity contribution in [2.45, 2.75) is 13.1 Å². The van der Waals surface area contributed by atoms with Crippen LogP contribution in [0.25, 0.3) is 10.4 Å². The van der Waals surface area contributed by atoms with Gasteiger partial charge in [-0.3, -0.25) is 14.5 Å². The molecule has 3 aromatic rings. The molecule has 0 saturated carbocycles. The van der Waals surface area contributed by atoms with Crippen molar-refractivity contribution in [2.24, 2.45) is 5.10 Å². The number of hydrogen-bond donors (Lipinski definition) is 3. The summed E-state index contributed by atoms with van der Waals surface area (Å²) in [6, 6.07) is 7.59. The third kappa shape index (κ3) is 6.78. The molecule has 0 unspecified atom stereocenters. The monoisotopic (exact) mass is 566 g/mol. The van der Waals surface area contributed by atoms with Crippen LogP contribution >= 0.6 is 22.7 Å². The minimum absolute atomic E-state index is 0.141. The second kappa shape index (κ2) is 12.1. The first-order valence-corrected chi connectivity index (χ1v) is 13.3. The molecule has 3 heterocycles. The molecule has 0 aliphatic carbocycles. The third-order valence-electron chi connectivity index (χ3n) is 5.83. The maximum Gasteiger partial charge on any atom is 0.416 e. The Balaban J connectivity index is 1.33. The number of alkyl halides is 3.